The van der Waals surface area contributed by atoms with Crippen molar-refractivity contribution in [1.29, 1.82) is 0 Å². The molecule has 1 aromatic carbocycles. The maximum absolute atomic E-state index is 10.9. The van der Waals surface area contributed by atoms with Crippen LogP contribution in [0.5, 0.6) is 0 Å². The Balaban J connectivity index is 2.09. The lowest BCUT2D eigenvalue weighted by Gasteiger charge is -2.37. The Morgan fingerprint density at radius 2 is 2.16 bits per heavy atom. The molecule has 0 saturated carbocycles. The van der Waals surface area contributed by atoms with Crippen molar-refractivity contribution in [1.82, 2.24) is 0 Å². The quantitative estimate of drug-likeness (QED) is 0.899. The Labute approximate surface area is 116 Å². The van der Waals surface area contributed by atoms with Crippen LogP contribution in [0.3, 0.4) is 0 Å². The van der Waals surface area contributed by atoms with E-state index in [0.29, 0.717) is 6.61 Å². The van der Waals surface area contributed by atoms with Gasteiger partial charge in [0, 0.05) is 19.4 Å². The van der Waals surface area contributed by atoms with E-state index in [4.69, 9.17) is 4.74 Å². The van der Waals surface area contributed by atoms with Crippen LogP contribution in [0.2, 0.25) is 0 Å². The van der Waals surface area contributed by atoms with Crippen LogP contribution in [0, 0.1) is 13.8 Å². The average molecular weight is 262 g/mol. The first-order valence-corrected chi connectivity index (χ1v) is 7.42. The molecule has 0 aromatic heterocycles. The third kappa shape index (κ3) is 3.80. The maximum Gasteiger partial charge on any atom is 0.0734 e. The molecule has 2 rings (SSSR count). The first-order valence-electron chi connectivity index (χ1n) is 7.42. The lowest BCUT2D eigenvalue weighted by atomic mass is 9.82. The fraction of sp³-hybridized carbons (Fsp3) is 0.647. The molecule has 1 fully saturated rings. The summed E-state index contributed by atoms with van der Waals surface area (Å²) in [5, 5.41) is 10.9. The molecule has 0 radical (unpaired) electrons. The largest absolute Gasteiger partial charge is 0.389 e. The van der Waals surface area contributed by atoms with E-state index in [0.717, 1.165) is 32.1 Å². The van der Waals surface area contributed by atoms with Gasteiger partial charge in [0.2, 0.25) is 0 Å². The van der Waals surface area contributed by atoms with Crippen molar-refractivity contribution < 1.29 is 9.84 Å². The van der Waals surface area contributed by atoms with E-state index in [1.54, 1.807) is 0 Å². The van der Waals surface area contributed by atoms with Crippen molar-refractivity contribution in [2.24, 2.45) is 0 Å². The van der Waals surface area contributed by atoms with Gasteiger partial charge in [-0.1, -0.05) is 37.1 Å². The molecule has 1 N–H and O–H groups in total. The van der Waals surface area contributed by atoms with Crippen LogP contribution >= 0.6 is 0 Å². The highest BCUT2D eigenvalue weighted by molar-refractivity contribution is 5.31. The van der Waals surface area contributed by atoms with Gasteiger partial charge in [-0.2, -0.15) is 0 Å². The molecule has 2 unspecified atom stereocenters. The van der Waals surface area contributed by atoms with E-state index in [1.165, 1.54) is 16.7 Å². The van der Waals surface area contributed by atoms with Crippen molar-refractivity contribution in [3.8, 4) is 0 Å². The van der Waals surface area contributed by atoms with Crippen molar-refractivity contribution in [3.63, 3.8) is 0 Å². The van der Waals surface area contributed by atoms with E-state index in [2.05, 4.69) is 39.0 Å². The van der Waals surface area contributed by atoms with E-state index in [-0.39, 0.29) is 6.10 Å². The minimum Gasteiger partial charge on any atom is -0.389 e. The Morgan fingerprint density at radius 3 is 2.89 bits per heavy atom. The molecule has 0 amide bonds. The number of aryl methyl sites for hydroxylation is 2. The summed E-state index contributed by atoms with van der Waals surface area (Å²) in [6.07, 6.45) is 4.67. The number of ether oxygens (including phenoxy) is 1. The average Bonchev–Trinajstić information content (AvgIpc) is 2.34. The molecule has 2 nitrogen and oxygen atoms in total. The Bertz CT molecular complexity index is 425. The summed E-state index contributed by atoms with van der Waals surface area (Å²) in [6.45, 7) is 7.09. The van der Waals surface area contributed by atoms with Gasteiger partial charge >= 0.3 is 0 Å². The molecule has 2 atom stereocenters. The highest BCUT2D eigenvalue weighted by atomic mass is 16.5. The Kier molecular flexibility index (Phi) is 4.64. The molecule has 19 heavy (non-hydrogen) atoms. The van der Waals surface area contributed by atoms with Gasteiger partial charge in [0.15, 0.2) is 0 Å². The molecule has 1 aliphatic heterocycles. The zero-order chi connectivity index (χ0) is 13.9. The van der Waals surface area contributed by atoms with Gasteiger partial charge in [0.05, 0.1) is 11.7 Å². The third-order valence-corrected chi connectivity index (χ3v) is 4.16. The predicted molar refractivity (Wildman–Crippen MR) is 78.5 cm³/mol. The first kappa shape index (κ1) is 14.5. The van der Waals surface area contributed by atoms with Crippen molar-refractivity contribution in [3.05, 3.63) is 34.9 Å². The minimum atomic E-state index is -0.587. The van der Waals surface area contributed by atoms with Gasteiger partial charge < -0.3 is 9.84 Å². The monoisotopic (exact) mass is 262 g/mol. The normalized spacial score (nSPS) is 27.5. The van der Waals surface area contributed by atoms with Gasteiger partial charge in [0.25, 0.3) is 0 Å². The second-order valence-electron chi connectivity index (χ2n) is 6.07. The summed E-state index contributed by atoms with van der Waals surface area (Å²) in [7, 11) is 0. The summed E-state index contributed by atoms with van der Waals surface area (Å²) in [6, 6.07) is 6.49. The van der Waals surface area contributed by atoms with Gasteiger partial charge in [-0.15, -0.1) is 0 Å². The Morgan fingerprint density at radius 1 is 1.37 bits per heavy atom. The van der Waals surface area contributed by atoms with Crippen molar-refractivity contribution in [2.45, 2.75) is 64.6 Å². The lowest BCUT2D eigenvalue weighted by molar-refractivity contribution is -0.105. The lowest BCUT2D eigenvalue weighted by Crippen LogP contribution is -2.42. The molecular weight excluding hydrogens is 236 g/mol. The smallest absolute Gasteiger partial charge is 0.0734 e. The molecule has 1 aliphatic rings. The Hall–Kier alpha value is -0.860. The fourth-order valence-corrected chi connectivity index (χ4v) is 3.01. The molecule has 0 bridgehead atoms. The SMILES string of the molecule is CCCC1CC(O)(Cc2cc(C)ccc2C)CCO1. The molecular formula is C17H26O2. The second-order valence-corrected chi connectivity index (χ2v) is 6.07. The summed E-state index contributed by atoms with van der Waals surface area (Å²) >= 11 is 0. The van der Waals surface area contributed by atoms with Crippen LogP contribution < -0.4 is 0 Å². The van der Waals surface area contributed by atoms with Crippen LogP contribution in [-0.2, 0) is 11.2 Å². The van der Waals surface area contributed by atoms with E-state index in [9.17, 15) is 5.11 Å². The van der Waals surface area contributed by atoms with Crippen LogP contribution in [-0.4, -0.2) is 23.4 Å². The molecule has 1 saturated heterocycles. The van der Waals surface area contributed by atoms with Crippen molar-refractivity contribution in [2.75, 3.05) is 6.61 Å². The van der Waals surface area contributed by atoms with Gasteiger partial charge in [-0.25, -0.2) is 0 Å². The first-order chi connectivity index (χ1) is 9.02. The number of benzene rings is 1. The molecule has 1 heterocycles. The number of aliphatic hydroxyl groups is 1. The van der Waals surface area contributed by atoms with Crippen LogP contribution in [0.25, 0.3) is 0 Å². The van der Waals surface area contributed by atoms with Crippen LogP contribution in [0.1, 0.15) is 49.3 Å². The van der Waals surface area contributed by atoms with E-state index >= 15 is 0 Å². The summed E-state index contributed by atoms with van der Waals surface area (Å²) in [5.74, 6) is 0. The number of rotatable bonds is 4. The molecule has 2 heteroatoms. The topological polar surface area (TPSA) is 29.5 Å². The predicted octanol–water partition coefficient (Wildman–Crippen LogP) is 3.56. The highest BCUT2D eigenvalue weighted by Gasteiger charge is 2.35. The van der Waals surface area contributed by atoms with Crippen LogP contribution in [0.4, 0.5) is 0 Å². The molecule has 0 spiro atoms. The fourth-order valence-electron chi connectivity index (χ4n) is 3.01. The van der Waals surface area contributed by atoms with Crippen molar-refractivity contribution >= 4 is 0 Å². The van der Waals surface area contributed by atoms with Gasteiger partial charge in [0.1, 0.15) is 0 Å². The zero-order valence-corrected chi connectivity index (χ0v) is 12.4. The molecule has 0 aliphatic carbocycles. The van der Waals surface area contributed by atoms with E-state index < -0.39 is 5.60 Å². The molecule has 1 aromatic rings. The standard InChI is InChI=1S/C17H26O2/c1-4-5-16-12-17(18,8-9-19-16)11-15-10-13(2)6-7-14(15)3/h6-7,10,16,18H,4-5,8-9,11-12H2,1-3H3. The van der Waals surface area contributed by atoms with Crippen LogP contribution in [0.15, 0.2) is 18.2 Å². The highest BCUT2D eigenvalue weighted by Crippen LogP contribution is 2.31. The second kappa shape index (κ2) is 6.06. The summed E-state index contributed by atoms with van der Waals surface area (Å²) in [4.78, 5) is 0. The van der Waals surface area contributed by atoms with E-state index in [1.807, 2.05) is 0 Å². The zero-order valence-electron chi connectivity index (χ0n) is 12.4. The summed E-state index contributed by atoms with van der Waals surface area (Å²) in [5.41, 5.74) is 3.23. The van der Waals surface area contributed by atoms with Gasteiger partial charge in [-0.05, 0) is 37.8 Å². The third-order valence-electron chi connectivity index (χ3n) is 4.16. The summed E-state index contributed by atoms with van der Waals surface area (Å²) < 4.78 is 5.75. The minimum absolute atomic E-state index is 0.230. The number of hydrogen-bond acceptors (Lipinski definition) is 2. The number of hydrogen-bond donors (Lipinski definition) is 1. The maximum atomic E-state index is 10.9. The van der Waals surface area contributed by atoms with Gasteiger partial charge in [-0.3, -0.25) is 0 Å². The molecule has 106 valence electrons.